The minimum Gasteiger partial charge on any atom is -0.351 e. The molecule has 0 radical (unpaired) electrons. The van der Waals surface area contributed by atoms with Crippen molar-refractivity contribution in [3.05, 3.63) is 33.4 Å². The molecule has 0 spiro atoms. The van der Waals surface area contributed by atoms with E-state index in [0.717, 1.165) is 9.13 Å². The van der Waals surface area contributed by atoms with Gasteiger partial charge in [-0.2, -0.15) is 0 Å². The predicted octanol–water partition coefficient (Wildman–Crippen LogP) is 1.03. The van der Waals surface area contributed by atoms with Crippen molar-refractivity contribution < 1.29 is 9.59 Å². The van der Waals surface area contributed by atoms with Crippen molar-refractivity contribution in [3.63, 3.8) is 0 Å². The number of primary amides is 1. The second kappa shape index (κ2) is 4.94. The summed E-state index contributed by atoms with van der Waals surface area (Å²) in [5, 5.41) is 2.00. The largest absolute Gasteiger partial charge is 0.351 e. The number of nitrogens with one attached hydrogen (secondary N) is 1. The van der Waals surface area contributed by atoms with Crippen LogP contribution in [0.3, 0.4) is 0 Å². The standard InChI is InChI=1S/C9H9IN2O2/c10-7-3-1-6(2-4-7)5-8(13)12-9(11)14/h1-4H,5H2,(H3,11,12,13,14). The predicted molar refractivity (Wildman–Crippen MR) is 60.6 cm³/mol. The molecule has 0 aliphatic rings. The zero-order valence-electron chi connectivity index (χ0n) is 7.29. The third-order valence-electron chi connectivity index (χ3n) is 1.54. The minimum absolute atomic E-state index is 0.167. The minimum atomic E-state index is -0.819. The van der Waals surface area contributed by atoms with Gasteiger partial charge in [0, 0.05) is 3.57 Å². The Balaban J connectivity index is 2.56. The number of carbonyl (C=O) groups excluding carboxylic acids is 2. The van der Waals surface area contributed by atoms with Gasteiger partial charge in [-0.1, -0.05) is 12.1 Å². The van der Waals surface area contributed by atoms with Crippen LogP contribution in [-0.2, 0) is 11.2 Å². The van der Waals surface area contributed by atoms with Crippen LogP contribution in [0.25, 0.3) is 0 Å². The average molecular weight is 304 g/mol. The quantitative estimate of drug-likeness (QED) is 0.801. The molecule has 3 amide bonds. The molecule has 4 nitrogen and oxygen atoms in total. The molecule has 0 fully saturated rings. The Hall–Kier alpha value is -1.11. The molecule has 0 bridgehead atoms. The van der Waals surface area contributed by atoms with E-state index in [1.165, 1.54) is 0 Å². The summed E-state index contributed by atoms with van der Waals surface area (Å²) in [6.07, 6.45) is 0.167. The van der Waals surface area contributed by atoms with Crippen molar-refractivity contribution in [1.29, 1.82) is 0 Å². The van der Waals surface area contributed by atoms with Crippen LogP contribution >= 0.6 is 22.6 Å². The van der Waals surface area contributed by atoms with Crippen LogP contribution < -0.4 is 11.1 Å². The van der Waals surface area contributed by atoms with Crippen molar-refractivity contribution in [2.24, 2.45) is 5.73 Å². The first-order valence-electron chi connectivity index (χ1n) is 3.91. The summed E-state index contributed by atoms with van der Waals surface area (Å²) in [7, 11) is 0. The van der Waals surface area contributed by atoms with Gasteiger partial charge >= 0.3 is 6.03 Å². The Kier molecular flexibility index (Phi) is 3.87. The highest BCUT2D eigenvalue weighted by Gasteiger charge is 2.04. The molecule has 74 valence electrons. The fraction of sp³-hybridized carbons (Fsp3) is 0.111. The van der Waals surface area contributed by atoms with Gasteiger partial charge in [0.1, 0.15) is 0 Å². The lowest BCUT2D eigenvalue weighted by molar-refractivity contribution is -0.119. The van der Waals surface area contributed by atoms with Crippen LogP contribution in [0.5, 0.6) is 0 Å². The summed E-state index contributed by atoms with van der Waals surface area (Å²) in [4.78, 5) is 21.4. The van der Waals surface area contributed by atoms with Crippen LogP contribution in [0, 0.1) is 3.57 Å². The molecule has 0 aliphatic heterocycles. The molecule has 3 N–H and O–H groups in total. The zero-order chi connectivity index (χ0) is 10.6. The molecule has 1 aromatic carbocycles. The summed E-state index contributed by atoms with van der Waals surface area (Å²) in [5.41, 5.74) is 5.65. The third kappa shape index (κ3) is 3.73. The van der Waals surface area contributed by atoms with Gasteiger partial charge in [0.2, 0.25) is 5.91 Å². The van der Waals surface area contributed by atoms with E-state index in [-0.39, 0.29) is 6.42 Å². The molecule has 5 heteroatoms. The SMILES string of the molecule is NC(=O)NC(=O)Cc1ccc(I)cc1. The Morgan fingerprint density at radius 2 is 1.86 bits per heavy atom. The molecule has 0 aromatic heterocycles. The topological polar surface area (TPSA) is 72.2 Å². The molecule has 0 heterocycles. The second-order valence-electron chi connectivity index (χ2n) is 2.72. The van der Waals surface area contributed by atoms with Crippen molar-refractivity contribution in [2.75, 3.05) is 0 Å². The number of hydrogen-bond donors (Lipinski definition) is 2. The number of hydrogen-bond acceptors (Lipinski definition) is 2. The molecular formula is C9H9IN2O2. The molecule has 0 unspecified atom stereocenters. The lowest BCUT2D eigenvalue weighted by Gasteiger charge is -2.00. The molecule has 1 rings (SSSR count). The van der Waals surface area contributed by atoms with Crippen molar-refractivity contribution in [1.82, 2.24) is 5.32 Å². The van der Waals surface area contributed by atoms with Crippen LogP contribution in [0.4, 0.5) is 4.79 Å². The van der Waals surface area contributed by atoms with Crippen molar-refractivity contribution >= 4 is 34.5 Å². The van der Waals surface area contributed by atoms with Crippen molar-refractivity contribution in [2.45, 2.75) is 6.42 Å². The molecule has 1 aromatic rings. The van der Waals surface area contributed by atoms with E-state index in [4.69, 9.17) is 5.73 Å². The lowest BCUT2D eigenvalue weighted by atomic mass is 10.1. The second-order valence-corrected chi connectivity index (χ2v) is 3.96. The van der Waals surface area contributed by atoms with Gasteiger partial charge in [-0.25, -0.2) is 4.79 Å². The first-order valence-corrected chi connectivity index (χ1v) is 4.99. The van der Waals surface area contributed by atoms with E-state index in [1.54, 1.807) is 0 Å². The van der Waals surface area contributed by atoms with Crippen LogP contribution in [0.15, 0.2) is 24.3 Å². The lowest BCUT2D eigenvalue weighted by Crippen LogP contribution is -2.35. The number of imide groups is 1. The number of amides is 3. The number of urea groups is 1. The highest BCUT2D eigenvalue weighted by atomic mass is 127. The summed E-state index contributed by atoms with van der Waals surface area (Å²) < 4.78 is 1.10. The van der Waals surface area contributed by atoms with E-state index in [0.29, 0.717) is 0 Å². The molecule has 14 heavy (non-hydrogen) atoms. The Morgan fingerprint density at radius 1 is 1.29 bits per heavy atom. The molecule has 0 saturated carbocycles. The number of benzene rings is 1. The summed E-state index contributed by atoms with van der Waals surface area (Å²) >= 11 is 2.18. The number of halogens is 1. The van der Waals surface area contributed by atoms with E-state index in [9.17, 15) is 9.59 Å². The van der Waals surface area contributed by atoms with Gasteiger partial charge in [0.15, 0.2) is 0 Å². The fourth-order valence-electron chi connectivity index (χ4n) is 0.969. The molecule has 0 atom stereocenters. The van der Waals surface area contributed by atoms with E-state index in [1.807, 2.05) is 29.6 Å². The monoisotopic (exact) mass is 304 g/mol. The first-order chi connectivity index (χ1) is 6.58. The van der Waals surface area contributed by atoms with E-state index >= 15 is 0 Å². The number of rotatable bonds is 2. The van der Waals surface area contributed by atoms with Crippen LogP contribution in [-0.4, -0.2) is 11.9 Å². The van der Waals surface area contributed by atoms with Gasteiger partial charge in [0.25, 0.3) is 0 Å². The smallest absolute Gasteiger partial charge is 0.318 e. The van der Waals surface area contributed by atoms with E-state index < -0.39 is 11.9 Å². The fourth-order valence-corrected chi connectivity index (χ4v) is 1.33. The van der Waals surface area contributed by atoms with Gasteiger partial charge in [-0.15, -0.1) is 0 Å². The molecular weight excluding hydrogens is 295 g/mol. The van der Waals surface area contributed by atoms with Gasteiger partial charge < -0.3 is 5.73 Å². The van der Waals surface area contributed by atoms with Crippen LogP contribution in [0.1, 0.15) is 5.56 Å². The third-order valence-corrected chi connectivity index (χ3v) is 2.26. The average Bonchev–Trinajstić information content (AvgIpc) is 2.07. The maximum absolute atomic E-state index is 11.1. The Bertz CT molecular complexity index is 348. The maximum Gasteiger partial charge on any atom is 0.318 e. The number of carbonyl (C=O) groups is 2. The number of nitrogens with two attached hydrogens (primary N) is 1. The van der Waals surface area contributed by atoms with Crippen molar-refractivity contribution in [3.8, 4) is 0 Å². The zero-order valence-corrected chi connectivity index (χ0v) is 9.45. The van der Waals surface area contributed by atoms with Gasteiger partial charge in [-0.3, -0.25) is 10.1 Å². The van der Waals surface area contributed by atoms with Crippen LogP contribution in [0.2, 0.25) is 0 Å². The van der Waals surface area contributed by atoms with E-state index in [2.05, 4.69) is 22.6 Å². The Morgan fingerprint density at radius 3 is 2.36 bits per heavy atom. The summed E-state index contributed by atoms with van der Waals surface area (Å²) in [6.45, 7) is 0. The summed E-state index contributed by atoms with van der Waals surface area (Å²) in [5.74, 6) is -0.390. The summed E-state index contributed by atoms with van der Waals surface area (Å²) in [6, 6.07) is 6.64. The molecule has 0 aliphatic carbocycles. The highest BCUT2D eigenvalue weighted by molar-refractivity contribution is 14.1. The highest BCUT2D eigenvalue weighted by Crippen LogP contribution is 2.06. The normalized spacial score (nSPS) is 9.50. The molecule has 0 saturated heterocycles. The van der Waals surface area contributed by atoms with Gasteiger partial charge in [-0.05, 0) is 40.3 Å². The first kappa shape index (κ1) is 11.0. The van der Waals surface area contributed by atoms with Gasteiger partial charge in [0.05, 0.1) is 6.42 Å². The maximum atomic E-state index is 11.1. The Labute approximate surface area is 95.0 Å².